The smallest absolute Gasteiger partial charge is 0.0543 e. The van der Waals surface area contributed by atoms with Crippen LogP contribution in [0.2, 0.25) is 0 Å². The number of nitrogens with two attached hydrogens (primary N) is 1. The average molecular weight is 203 g/mol. The zero-order valence-electron chi connectivity index (χ0n) is 8.82. The van der Waals surface area contributed by atoms with Gasteiger partial charge in [0.1, 0.15) is 0 Å². The maximum atomic E-state index is 9.71. The molecule has 2 bridgehead atoms. The molecule has 0 heterocycles. The van der Waals surface area contributed by atoms with Gasteiger partial charge in [-0.05, 0) is 24.0 Å². The first-order valence-electron chi connectivity index (χ1n) is 5.75. The Kier molecular flexibility index (Phi) is 1.91. The third-order valence-corrected chi connectivity index (χ3v) is 4.39. The summed E-state index contributed by atoms with van der Waals surface area (Å²) in [6.45, 7) is 0.196. The molecule has 0 amide bonds. The second-order valence-corrected chi connectivity index (χ2v) is 4.93. The van der Waals surface area contributed by atoms with Crippen LogP contribution in [0.3, 0.4) is 0 Å². The Labute approximate surface area is 90.1 Å². The number of aliphatic hydroxyl groups is 1. The van der Waals surface area contributed by atoms with Crippen molar-refractivity contribution in [2.45, 2.75) is 36.6 Å². The topological polar surface area (TPSA) is 46.2 Å². The van der Waals surface area contributed by atoms with E-state index in [1.807, 2.05) is 0 Å². The van der Waals surface area contributed by atoms with Gasteiger partial charge in [0.15, 0.2) is 0 Å². The van der Waals surface area contributed by atoms with E-state index in [1.165, 1.54) is 24.0 Å². The fourth-order valence-corrected chi connectivity index (χ4v) is 3.58. The fraction of sp³-hybridized carbons (Fsp3) is 0.538. The Bertz CT molecular complexity index is 390. The van der Waals surface area contributed by atoms with E-state index in [9.17, 15) is 5.11 Å². The SMILES string of the molecule is NC1C2CCCC1(CO)c1ccccc12. The van der Waals surface area contributed by atoms with E-state index in [0.717, 1.165) is 6.42 Å². The van der Waals surface area contributed by atoms with Gasteiger partial charge in [-0.15, -0.1) is 0 Å². The minimum atomic E-state index is -0.139. The van der Waals surface area contributed by atoms with Crippen molar-refractivity contribution in [3.05, 3.63) is 35.4 Å². The predicted octanol–water partition coefficient (Wildman–Crippen LogP) is 1.53. The Morgan fingerprint density at radius 3 is 3.00 bits per heavy atom. The van der Waals surface area contributed by atoms with Crippen LogP contribution >= 0.6 is 0 Å². The minimum Gasteiger partial charge on any atom is -0.395 e. The quantitative estimate of drug-likeness (QED) is 0.727. The highest BCUT2D eigenvalue weighted by atomic mass is 16.3. The summed E-state index contributed by atoms with van der Waals surface area (Å²) in [6.07, 6.45) is 3.41. The van der Waals surface area contributed by atoms with Gasteiger partial charge in [-0.25, -0.2) is 0 Å². The van der Waals surface area contributed by atoms with E-state index in [4.69, 9.17) is 5.73 Å². The van der Waals surface area contributed by atoms with E-state index < -0.39 is 0 Å². The van der Waals surface area contributed by atoms with Crippen LogP contribution in [-0.4, -0.2) is 17.8 Å². The Morgan fingerprint density at radius 1 is 1.40 bits per heavy atom. The molecule has 1 saturated carbocycles. The highest BCUT2D eigenvalue weighted by Gasteiger charge is 2.51. The maximum absolute atomic E-state index is 9.71. The normalized spacial score (nSPS) is 37.7. The predicted molar refractivity (Wildman–Crippen MR) is 59.8 cm³/mol. The van der Waals surface area contributed by atoms with Crippen molar-refractivity contribution in [1.29, 1.82) is 0 Å². The third-order valence-electron chi connectivity index (χ3n) is 4.39. The van der Waals surface area contributed by atoms with Crippen LogP contribution < -0.4 is 5.73 Å². The first-order chi connectivity index (χ1) is 7.29. The van der Waals surface area contributed by atoms with Gasteiger partial charge in [-0.2, -0.15) is 0 Å². The van der Waals surface area contributed by atoms with Crippen molar-refractivity contribution in [2.24, 2.45) is 5.73 Å². The molecule has 80 valence electrons. The summed E-state index contributed by atoms with van der Waals surface area (Å²) in [5.74, 6) is 0.474. The molecule has 15 heavy (non-hydrogen) atoms. The van der Waals surface area contributed by atoms with Crippen LogP contribution in [0.4, 0.5) is 0 Å². The van der Waals surface area contributed by atoms with E-state index in [0.29, 0.717) is 5.92 Å². The van der Waals surface area contributed by atoms with Crippen LogP contribution in [0, 0.1) is 0 Å². The molecule has 2 heteroatoms. The van der Waals surface area contributed by atoms with Gasteiger partial charge in [-0.1, -0.05) is 30.7 Å². The summed E-state index contributed by atoms with van der Waals surface area (Å²) in [4.78, 5) is 0. The molecule has 3 atom stereocenters. The third kappa shape index (κ3) is 1.01. The summed E-state index contributed by atoms with van der Waals surface area (Å²) in [6, 6.07) is 8.59. The fourth-order valence-electron chi connectivity index (χ4n) is 3.58. The van der Waals surface area contributed by atoms with Crippen molar-refractivity contribution in [2.75, 3.05) is 6.61 Å². The molecule has 3 N–H and O–H groups in total. The number of benzene rings is 1. The highest BCUT2D eigenvalue weighted by Crippen LogP contribution is 2.53. The van der Waals surface area contributed by atoms with E-state index in [2.05, 4.69) is 24.3 Å². The molecule has 0 aliphatic heterocycles. The zero-order valence-corrected chi connectivity index (χ0v) is 8.82. The second-order valence-electron chi connectivity index (χ2n) is 4.93. The van der Waals surface area contributed by atoms with Crippen molar-refractivity contribution in [3.8, 4) is 0 Å². The Morgan fingerprint density at radius 2 is 2.20 bits per heavy atom. The van der Waals surface area contributed by atoms with Gasteiger partial charge < -0.3 is 10.8 Å². The lowest BCUT2D eigenvalue weighted by Gasteiger charge is -2.38. The van der Waals surface area contributed by atoms with E-state index in [1.54, 1.807) is 0 Å². The molecular weight excluding hydrogens is 186 g/mol. The van der Waals surface area contributed by atoms with Crippen molar-refractivity contribution in [3.63, 3.8) is 0 Å². The molecule has 1 fully saturated rings. The van der Waals surface area contributed by atoms with Gasteiger partial charge in [0.05, 0.1) is 6.61 Å². The Balaban J connectivity index is 2.22. The monoisotopic (exact) mass is 203 g/mol. The van der Waals surface area contributed by atoms with E-state index >= 15 is 0 Å². The molecule has 2 nitrogen and oxygen atoms in total. The van der Waals surface area contributed by atoms with Crippen molar-refractivity contribution >= 4 is 0 Å². The molecule has 0 saturated heterocycles. The maximum Gasteiger partial charge on any atom is 0.0543 e. The molecule has 2 aliphatic rings. The first-order valence-corrected chi connectivity index (χ1v) is 5.75. The lowest BCUT2D eigenvalue weighted by atomic mass is 9.70. The summed E-state index contributed by atoms with van der Waals surface area (Å²) < 4.78 is 0. The van der Waals surface area contributed by atoms with Crippen molar-refractivity contribution in [1.82, 2.24) is 0 Å². The van der Waals surface area contributed by atoms with Crippen LogP contribution in [0.25, 0.3) is 0 Å². The van der Waals surface area contributed by atoms with Gasteiger partial charge in [0.25, 0.3) is 0 Å². The van der Waals surface area contributed by atoms with Crippen LogP contribution in [0.5, 0.6) is 0 Å². The van der Waals surface area contributed by atoms with Crippen molar-refractivity contribution < 1.29 is 5.11 Å². The Hall–Kier alpha value is -0.860. The first kappa shape index (κ1) is 9.37. The molecule has 1 aromatic rings. The number of hydrogen-bond acceptors (Lipinski definition) is 2. The highest BCUT2D eigenvalue weighted by molar-refractivity contribution is 5.47. The molecular formula is C13H17NO. The summed E-state index contributed by atoms with van der Waals surface area (Å²) in [5.41, 5.74) is 8.87. The molecule has 3 unspecified atom stereocenters. The van der Waals surface area contributed by atoms with Gasteiger partial charge in [-0.3, -0.25) is 0 Å². The lowest BCUT2D eigenvalue weighted by molar-refractivity contribution is 0.137. The van der Waals surface area contributed by atoms with Crippen LogP contribution in [-0.2, 0) is 5.41 Å². The number of rotatable bonds is 1. The number of aliphatic hydroxyl groups excluding tert-OH is 1. The molecule has 3 rings (SSSR count). The summed E-state index contributed by atoms with van der Waals surface area (Å²) in [7, 11) is 0. The molecule has 0 spiro atoms. The summed E-state index contributed by atoms with van der Waals surface area (Å²) in [5, 5.41) is 9.71. The van der Waals surface area contributed by atoms with Crippen LogP contribution in [0.15, 0.2) is 24.3 Å². The molecule has 2 aliphatic carbocycles. The van der Waals surface area contributed by atoms with Gasteiger partial charge >= 0.3 is 0 Å². The van der Waals surface area contributed by atoms with Gasteiger partial charge in [0.2, 0.25) is 0 Å². The average Bonchev–Trinajstić information content (AvgIpc) is 2.45. The lowest BCUT2D eigenvalue weighted by Crippen LogP contribution is -2.48. The van der Waals surface area contributed by atoms with Crippen LogP contribution in [0.1, 0.15) is 36.3 Å². The standard InChI is InChI=1S/C13H17NO/c14-12-10-5-3-7-13(12,8-15)11-6-2-1-4-9(10)11/h1-2,4,6,10,12,15H,3,5,7-8,14H2. The number of hydrogen-bond donors (Lipinski definition) is 2. The van der Waals surface area contributed by atoms with E-state index in [-0.39, 0.29) is 18.1 Å². The molecule has 0 aromatic heterocycles. The second kappa shape index (κ2) is 3.06. The minimum absolute atomic E-state index is 0.119. The summed E-state index contributed by atoms with van der Waals surface area (Å²) >= 11 is 0. The largest absolute Gasteiger partial charge is 0.395 e. The zero-order chi connectivity index (χ0) is 10.5. The molecule has 0 radical (unpaired) electrons. The molecule has 1 aromatic carbocycles. The number of fused-ring (bicyclic) bond motifs is 5. The van der Waals surface area contributed by atoms with Gasteiger partial charge in [0, 0.05) is 17.4 Å².